The average Bonchev–Trinajstić information content (AvgIpc) is 1.25. The van der Waals surface area contributed by atoms with Gasteiger partial charge in [-0.25, -0.2) is 0 Å². The van der Waals surface area contributed by atoms with Crippen LogP contribution in [0.15, 0.2) is 0 Å². The normalized spacial score (nSPS) is 9.00. The molecule has 0 fully saturated rings. The van der Waals surface area contributed by atoms with Crippen molar-refractivity contribution in [3.8, 4) is 0 Å². The van der Waals surface area contributed by atoms with Crippen molar-refractivity contribution in [3.63, 3.8) is 0 Å². The third-order valence-corrected chi connectivity index (χ3v) is 0. The second-order valence-corrected chi connectivity index (χ2v) is 0.439. The van der Waals surface area contributed by atoms with Gasteiger partial charge in [0, 0.05) is 0 Å². The largest absolute Gasteiger partial charge is 0.379 e. The molecule has 0 unspecified atom stereocenters. The van der Waals surface area contributed by atoms with Crippen LogP contribution in [-0.4, -0.2) is 12.2 Å². The van der Waals surface area contributed by atoms with E-state index in [2.05, 4.69) is 0 Å². The van der Waals surface area contributed by atoms with Gasteiger partial charge in [0.2, 0.25) is 0 Å². The molecule has 1 nitrogen and oxygen atoms in total. The molecule has 0 bridgehead atoms. The first-order valence-corrected chi connectivity index (χ1v) is 1.16. The maximum atomic E-state index is 9.67. The van der Waals surface area contributed by atoms with Crippen molar-refractivity contribution in [2.75, 3.05) is 0 Å². The molecule has 0 aromatic heterocycles. The summed E-state index contributed by atoms with van der Waals surface area (Å²) < 4.78 is 57.5. The van der Waals surface area contributed by atoms with Crippen molar-refractivity contribution >= 4 is 0 Å². The second-order valence-electron chi connectivity index (χ2n) is 0.439. The Morgan fingerprint density at radius 1 is 0.875 bits per heavy atom. The molecule has 7 heteroatoms. The number of halogens is 6. The van der Waals surface area contributed by atoms with E-state index in [0.29, 0.717) is 0 Å². The van der Waals surface area contributed by atoms with Crippen LogP contribution in [0.1, 0.15) is 0 Å². The third kappa shape index (κ3) is 540. The minimum absolute atomic E-state index is 2.50. The lowest BCUT2D eigenvalue weighted by Gasteiger charge is -1.67. The van der Waals surface area contributed by atoms with E-state index in [1.54, 1.807) is 0 Å². The highest BCUT2D eigenvalue weighted by Gasteiger charge is 1.86. The number of hydrogen-bond acceptors (Lipinski definition) is 1. The summed E-state index contributed by atoms with van der Waals surface area (Å²) in [6.07, 6.45) is 0. The van der Waals surface area contributed by atoms with Gasteiger partial charge in [-0.2, -0.15) is 13.2 Å². The molecule has 8 heavy (non-hydrogen) atoms. The van der Waals surface area contributed by atoms with Gasteiger partial charge in [-0.05, 0) is 0 Å². The summed E-state index contributed by atoms with van der Waals surface area (Å²) >= 11 is 0. The van der Waals surface area contributed by atoms with Crippen molar-refractivity contribution in [1.82, 2.24) is 5.57 Å². The first-order chi connectivity index (χ1) is 3.46. The molecular formula is CHF6N. The van der Waals surface area contributed by atoms with E-state index in [0.717, 1.165) is 0 Å². The van der Waals surface area contributed by atoms with E-state index in [4.69, 9.17) is 0 Å². The Morgan fingerprint density at radius 3 is 0.875 bits per heavy atom. The highest BCUT2D eigenvalue weighted by atomic mass is 19.5. The standard InChI is InChI=1S/CHF3.F3N/c2-1(3)4;1-4(2)3/h1H;. The highest BCUT2D eigenvalue weighted by molar-refractivity contribution is 3.83. The third-order valence-electron chi connectivity index (χ3n) is 0. The zero-order valence-corrected chi connectivity index (χ0v) is 3.29. The average molecular weight is 141 g/mol. The van der Waals surface area contributed by atoms with Crippen molar-refractivity contribution in [2.24, 2.45) is 0 Å². The van der Waals surface area contributed by atoms with E-state index in [-0.39, 0.29) is 0 Å². The van der Waals surface area contributed by atoms with Crippen LogP contribution >= 0.6 is 0 Å². The molecule has 0 aromatic rings. The Morgan fingerprint density at radius 2 is 0.875 bits per heavy atom. The molecule has 0 saturated heterocycles. The van der Waals surface area contributed by atoms with E-state index < -0.39 is 12.2 Å². The molecule has 0 rings (SSSR count). The van der Waals surface area contributed by atoms with Crippen LogP contribution in [0.4, 0.5) is 26.6 Å². The minimum Gasteiger partial charge on any atom is -0.174 e. The maximum Gasteiger partial charge on any atom is 0.379 e. The number of rotatable bonds is 0. The molecule has 0 aliphatic rings. The van der Waals surface area contributed by atoms with E-state index >= 15 is 0 Å². The summed E-state index contributed by atoms with van der Waals surface area (Å²) in [6.45, 7) is -3.67. The Labute approximate surface area is 40.3 Å². The van der Waals surface area contributed by atoms with E-state index in [1.807, 2.05) is 0 Å². The molecule has 0 radical (unpaired) electrons. The molecule has 52 valence electrons. The lowest BCUT2D eigenvalue weighted by molar-refractivity contribution is -0.295. The second kappa shape index (κ2) is 6.54. The van der Waals surface area contributed by atoms with Crippen LogP contribution in [0.25, 0.3) is 0 Å². The van der Waals surface area contributed by atoms with Crippen LogP contribution < -0.4 is 0 Å². The fourth-order valence-corrected chi connectivity index (χ4v) is 0. The molecule has 0 saturated carbocycles. The Bertz CT molecular complexity index is 24.0. The van der Waals surface area contributed by atoms with Crippen LogP contribution in [0.5, 0.6) is 0 Å². The minimum atomic E-state index is -3.67. The Kier molecular flexibility index (Phi) is 8.59. The fraction of sp³-hybridized carbons (Fsp3) is 1.00. The summed E-state index contributed by atoms with van der Waals surface area (Å²) in [6, 6.07) is 0. The summed E-state index contributed by atoms with van der Waals surface area (Å²) in [5.41, 5.74) is -2.50. The van der Waals surface area contributed by atoms with Gasteiger partial charge in [-0.3, -0.25) is 0 Å². The zero-order chi connectivity index (χ0) is 7.15. The molecule has 0 aromatic carbocycles. The Balaban J connectivity index is 0. The smallest absolute Gasteiger partial charge is 0.174 e. The maximum absolute atomic E-state index is 9.67. The Hall–Kier alpha value is -0.460. The van der Waals surface area contributed by atoms with Crippen molar-refractivity contribution in [1.29, 1.82) is 0 Å². The fourth-order valence-electron chi connectivity index (χ4n) is 0. The van der Waals surface area contributed by atoms with Crippen molar-refractivity contribution < 1.29 is 26.6 Å². The highest BCUT2D eigenvalue weighted by Crippen LogP contribution is 1.87. The van der Waals surface area contributed by atoms with Crippen LogP contribution in [-0.2, 0) is 0 Å². The van der Waals surface area contributed by atoms with Gasteiger partial charge in [-0.15, -0.1) is 0 Å². The van der Waals surface area contributed by atoms with Gasteiger partial charge in [0.25, 0.3) is 0 Å². The van der Waals surface area contributed by atoms with Crippen LogP contribution in [0.2, 0.25) is 0 Å². The number of nitrogens with zero attached hydrogens (tertiary/aromatic N) is 1. The lowest BCUT2D eigenvalue weighted by atomic mass is 11.6. The van der Waals surface area contributed by atoms with Crippen LogP contribution in [0.3, 0.4) is 0 Å². The summed E-state index contributed by atoms with van der Waals surface area (Å²) in [5.74, 6) is 0. The van der Waals surface area contributed by atoms with Crippen LogP contribution in [0, 0.1) is 0 Å². The number of alkyl halides is 3. The SMILES string of the molecule is FC(F)F.FN(F)F. The molecule has 0 aliphatic carbocycles. The van der Waals surface area contributed by atoms with Crippen molar-refractivity contribution in [3.05, 3.63) is 0 Å². The van der Waals surface area contributed by atoms with Gasteiger partial charge in [-0.1, -0.05) is 13.4 Å². The molecule has 0 amide bonds. The van der Waals surface area contributed by atoms with E-state index in [9.17, 15) is 26.6 Å². The topological polar surface area (TPSA) is 3.24 Å². The lowest BCUT2D eigenvalue weighted by Crippen LogP contribution is -1.72. The predicted molar refractivity (Wildman–Crippen MR) is 12.3 cm³/mol. The first kappa shape index (κ1) is 10.5. The molecular weight excluding hydrogens is 140 g/mol. The first-order valence-electron chi connectivity index (χ1n) is 1.16. The van der Waals surface area contributed by atoms with Gasteiger partial charge >= 0.3 is 6.68 Å². The molecule has 0 heterocycles. The van der Waals surface area contributed by atoms with Gasteiger partial charge < -0.3 is 0 Å². The van der Waals surface area contributed by atoms with Gasteiger partial charge in [0.05, 0.1) is 0 Å². The molecule has 0 spiro atoms. The molecule has 0 atom stereocenters. The zero-order valence-electron chi connectivity index (χ0n) is 3.29. The summed E-state index contributed by atoms with van der Waals surface area (Å²) in [7, 11) is 0. The molecule has 0 N–H and O–H groups in total. The van der Waals surface area contributed by atoms with Gasteiger partial charge in [0.1, 0.15) is 0 Å². The quantitative estimate of drug-likeness (QED) is 0.369. The monoisotopic (exact) mass is 141 g/mol. The molecule has 0 aliphatic heterocycles. The summed E-state index contributed by atoms with van der Waals surface area (Å²) in [5, 5.41) is 0. The number of hydrogen-bond donors (Lipinski definition) is 0. The summed E-state index contributed by atoms with van der Waals surface area (Å²) in [4.78, 5) is 0. The van der Waals surface area contributed by atoms with E-state index in [1.165, 1.54) is 0 Å². The van der Waals surface area contributed by atoms with Gasteiger partial charge in [0.15, 0.2) is 5.57 Å². The predicted octanol–water partition coefficient (Wildman–Crippen LogP) is 2.12. The van der Waals surface area contributed by atoms with Crippen molar-refractivity contribution in [2.45, 2.75) is 6.68 Å².